The quantitative estimate of drug-likeness (QED) is 0.490. The number of hydrogen-bond donors (Lipinski definition) is 0. The number of carbonyl (C=O) groups excluding carboxylic acids is 2. The molecule has 2 heterocycles. The molecule has 0 saturated heterocycles. The molecule has 2 aromatic rings. The number of rotatable bonds is 3. The summed E-state index contributed by atoms with van der Waals surface area (Å²) in [6.45, 7) is 3.47. The van der Waals surface area contributed by atoms with Gasteiger partial charge in [0.05, 0.1) is 0 Å². The number of carbonyl (C=O) groups is 2. The van der Waals surface area contributed by atoms with Crippen molar-refractivity contribution in [2.75, 3.05) is 4.90 Å². The fourth-order valence-corrected chi connectivity index (χ4v) is 2.95. The lowest BCUT2D eigenvalue weighted by atomic mass is 10.1. The van der Waals surface area contributed by atoms with E-state index in [2.05, 4.69) is 0 Å². The average molecular weight is 326 g/mol. The number of hydrogen-bond acceptors (Lipinski definition) is 4. The minimum atomic E-state index is -0.980. The predicted octanol–water partition coefficient (Wildman–Crippen LogP) is 1.84. The van der Waals surface area contributed by atoms with Gasteiger partial charge < -0.3 is 14.8 Å². The van der Waals surface area contributed by atoms with Gasteiger partial charge in [-0.3, -0.25) is 4.79 Å². The Bertz CT molecular complexity index is 790. The zero-order chi connectivity index (χ0) is 17.3. The molecule has 24 heavy (non-hydrogen) atoms. The zero-order valence-electron chi connectivity index (χ0n) is 13.5. The van der Waals surface area contributed by atoms with Crippen molar-refractivity contribution in [2.24, 2.45) is 0 Å². The highest BCUT2D eigenvalue weighted by Gasteiger charge is 2.35. The highest BCUT2D eigenvalue weighted by atomic mass is 16.6. The first-order valence-electron chi connectivity index (χ1n) is 7.79. The van der Waals surface area contributed by atoms with Gasteiger partial charge in [0.25, 0.3) is 5.91 Å². The van der Waals surface area contributed by atoms with E-state index < -0.39 is 12.1 Å². The second-order valence-electron chi connectivity index (χ2n) is 5.85. The molecule has 2 atom stereocenters. The van der Waals surface area contributed by atoms with Gasteiger partial charge in [0.1, 0.15) is 0 Å². The number of aromatic nitrogens is 1. The molecular weight excluding hydrogens is 308 g/mol. The molecular formula is C18H18N2O4. The molecule has 0 radical (unpaired) electrons. The van der Waals surface area contributed by atoms with Crippen LogP contribution in [0.3, 0.4) is 0 Å². The second-order valence-corrected chi connectivity index (χ2v) is 5.85. The number of para-hydroxylation sites is 1. The Hall–Kier alpha value is -2.89. The molecule has 1 aromatic heterocycles. The van der Waals surface area contributed by atoms with E-state index in [9.17, 15) is 14.8 Å². The summed E-state index contributed by atoms with van der Waals surface area (Å²) in [7, 11) is 0. The maximum absolute atomic E-state index is 12.7. The van der Waals surface area contributed by atoms with Gasteiger partial charge in [-0.25, -0.2) is 4.79 Å². The van der Waals surface area contributed by atoms with Crippen LogP contribution in [0.4, 0.5) is 5.69 Å². The van der Waals surface area contributed by atoms with Gasteiger partial charge >= 0.3 is 11.7 Å². The van der Waals surface area contributed by atoms with Crippen molar-refractivity contribution in [3.63, 3.8) is 0 Å². The molecule has 0 spiro atoms. The standard InChI is InChI=1S/C18H18N2O4/c1-12-11-14-7-3-4-8-15(14)20(12)17(21)13(2)24-18(22)16-9-5-6-10-19(16)23/h3-10,12-13H,11H2,1-2H3/t12-,13+/m1/s1. The molecule has 0 fully saturated rings. The highest BCUT2D eigenvalue weighted by Crippen LogP contribution is 2.32. The van der Waals surface area contributed by atoms with Crippen molar-refractivity contribution in [1.29, 1.82) is 0 Å². The van der Waals surface area contributed by atoms with E-state index in [0.29, 0.717) is 4.73 Å². The summed E-state index contributed by atoms with van der Waals surface area (Å²) < 4.78 is 5.63. The summed E-state index contributed by atoms with van der Waals surface area (Å²) in [5.41, 5.74) is 1.79. The topological polar surface area (TPSA) is 73.5 Å². The Kier molecular flexibility index (Phi) is 4.20. The largest absolute Gasteiger partial charge is 0.618 e. The smallest absolute Gasteiger partial charge is 0.405 e. The van der Waals surface area contributed by atoms with E-state index in [4.69, 9.17) is 4.74 Å². The van der Waals surface area contributed by atoms with Crippen molar-refractivity contribution >= 4 is 17.6 Å². The molecule has 0 saturated carbocycles. The van der Waals surface area contributed by atoms with E-state index in [1.54, 1.807) is 11.0 Å². The summed E-state index contributed by atoms with van der Waals surface area (Å²) in [4.78, 5) is 26.5. The van der Waals surface area contributed by atoms with Crippen LogP contribution in [0.5, 0.6) is 0 Å². The maximum Gasteiger partial charge on any atom is 0.405 e. The average Bonchev–Trinajstić information content (AvgIpc) is 2.90. The third-order valence-electron chi connectivity index (χ3n) is 4.11. The van der Waals surface area contributed by atoms with Gasteiger partial charge in [-0.05, 0) is 38.0 Å². The van der Waals surface area contributed by atoms with E-state index >= 15 is 0 Å². The van der Waals surface area contributed by atoms with Gasteiger partial charge in [0.15, 0.2) is 12.3 Å². The number of nitrogens with zero attached hydrogens (tertiary/aromatic N) is 2. The van der Waals surface area contributed by atoms with E-state index in [1.165, 1.54) is 25.3 Å². The van der Waals surface area contributed by atoms with Crippen LogP contribution < -0.4 is 9.63 Å². The monoisotopic (exact) mass is 326 g/mol. The Morgan fingerprint density at radius 3 is 2.71 bits per heavy atom. The van der Waals surface area contributed by atoms with Crippen molar-refractivity contribution in [3.8, 4) is 0 Å². The molecule has 0 unspecified atom stereocenters. The highest BCUT2D eigenvalue weighted by molar-refractivity contribution is 6.00. The summed E-state index contributed by atoms with van der Waals surface area (Å²) in [5, 5.41) is 11.6. The summed E-state index contributed by atoms with van der Waals surface area (Å²) in [6, 6.07) is 12.1. The van der Waals surface area contributed by atoms with Gasteiger partial charge in [-0.1, -0.05) is 18.2 Å². The van der Waals surface area contributed by atoms with Crippen molar-refractivity contribution in [2.45, 2.75) is 32.4 Å². The number of benzene rings is 1. The van der Waals surface area contributed by atoms with Crippen LogP contribution >= 0.6 is 0 Å². The molecule has 0 bridgehead atoms. The Morgan fingerprint density at radius 2 is 1.96 bits per heavy atom. The molecule has 0 N–H and O–H groups in total. The van der Waals surface area contributed by atoms with Crippen molar-refractivity contribution in [1.82, 2.24) is 0 Å². The summed E-state index contributed by atoms with van der Waals surface area (Å²) in [5.74, 6) is -1.11. The first kappa shape index (κ1) is 16.0. The fourth-order valence-electron chi connectivity index (χ4n) is 2.95. The predicted molar refractivity (Wildman–Crippen MR) is 87.4 cm³/mol. The normalized spacial score (nSPS) is 17.2. The molecule has 6 nitrogen and oxygen atoms in total. The number of pyridine rings is 1. The molecule has 1 aliphatic heterocycles. The minimum absolute atomic E-state index is 0.00257. The lowest BCUT2D eigenvalue weighted by Crippen LogP contribution is -2.44. The number of amides is 1. The van der Waals surface area contributed by atoms with E-state index in [0.717, 1.165) is 17.7 Å². The third-order valence-corrected chi connectivity index (χ3v) is 4.11. The second kappa shape index (κ2) is 6.31. The Labute approximate surface area is 139 Å². The summed E-state index contributed by atoms with van der Waals surface area (Å²) >= 11 is 0. The van der Waals surface area contributed by atoms with Crippen LogP contribution in [0.2, 0.25) is 0 Å². The Balaban J connectivity index is 1.76. The zero-order valence-corrected chi connectivity index (χ0v) is 13.5. The van der Waals surface area contributed by atoms with Crippen LogP contribution in [0.25, 0.3) is 0 Å². The first-order valence-corrected chi connectivity index (χ1v) is 7.79. The van der Waals surface area contributed by atoms with E-state index in [1.807, 2.05) is 31.2 Å². The van der Waals surface area contributed by atoms with Gasteiger partial charge in [-0.15, -0.1) is 0 Å². The first-order chi connectivity index (χ1) is 11.5. The molecule has 0 aliphatic carbocycles. The van der Waals surface area contributed by atoms with Crippen LogP contribution in [-0.2, 0) is 16.0 Å². The van der Waals surface area contributed by atoms with Crippen LogP contribution in [0.1, 0.15) is 29.9 Å². The third kappa shape index (κ3) is 2.82. The van der Waals surface area contributed by atoms with Crippen molar-refractivity contribution < 1.29 is 19.1 Å². The van der Waals surface area contributed by atoms with Crippen LogP contribution in [-0.4, -0.2) is 24.0 Å². The Morgan fingerprint density at radius 1 is 1.25 bits per heavy atom. The minimum Gasteiger partial charge on any atom is -0.618 e. The van der Waals surface area contributed by atoms with Gasteiger partial charge in [0, 0.05) is 23.9 Å². The fraction of sp³-hybridized carbons (Fsp3) is 0.278. The summed E-state index contributed by atoms with van der Waals surface area (Å²) in [6.07, 6.45) is 0.996. The number of esters is 1. The molecule has 1 aromatic carbocycles. The van der Waals surface area contributed by atoms with Crippen LogP contribution in [0.15, 0.2) is 48.7 Å². The molecule has 1 amide bonds. The lowest BCUT2D eigenvalue weighted by molar-refractivity contribution is -0.608. The number of ether oxygens (including phenoxy) is 1. The van der Waals surface area contributed by atoms with Gasteiger partial charge in [-0.2, -0.15) is 4.73 Å². The van der Waals surface area contributed by atoms with Gasteiger partial charge in [0.2, 0.25) is 0 Å². The van der Waals surface area contributed by atoms with E-state index in [-0.39, 0.29) is 17.6 Å². The molecule has 124 valence electrons. The number of anilines is 1. The molecule has 6 heteroatoms. The molecule has 1 aliphatic rings. The SMILES string of the molecule is C[C@H](OC(=O)c1cccc[n+]1[O-])C(=O)N1c2ccccc2C[C@H]1C. The number of fused-ring (bicyclic) bond motifs is 1. The lowest BCUT2D eigenvalue weighted by Gasteiger charge is -2.25. The van der Waals surface area contributed by atoms with Crippen molar-refractivity contribution in [3.05, 3.63) is 65.1 Å². The maximum atomic E-state index is 12.7. The van der Waals surface area contributed by atoms with Crippen LogP contribution in [0, 0.1) is 5.21 Å². The molecule has 3 rings (SSSR count).